The van der Waals surface area contributed by atoms with E-state index in [4.69, 9.17) is 37.0 Å². The first kappa shape index (κ1) is 91.1. The number of phosphoric ester groups is 2. The van der Waals surface area contributed by atoms with Crippen molar-refractivity contribution in [1.29, 1.82) is 0 Å². The number of hydrogen-bond donors (Lipinski definition) is 3. The second-order valence-corrected chi connectivity index (χ2v) is 30.3. The Balaban J connectivity index is 5.26. The van der Waals surface area contributed by atoms with Gasteiger partial charge in [-0.3, -0.25) is 37.3 Å². The topological polar surface area (TPSA) is 237 Å². The first-order valence-electron chi connectivity index (χ1n) is 38.5. The Morgan fingerprint density at radius 3 is 0.817 bits per heavy atom. The molecule has 0 rings (SSSR count). The van der Waals surface area contributed by atoms with Crippen LogP contribution in [0.25, 0.3) is 0 Å². The molecule has 0 aliphatic rings. The zero-order valence-electron chi connectivity index (χ0n) is 60.6. The van der Waals surface area contributed by atoms with Crippen molar-refractivity contribution in [2.75, 3.05) is 39.6 Å². The molecule has 19 heteroatoms. The van der Waals surface area contributed by atoms with Gasteiger partial charge in [-0.25, -0.2) is 9.13 Å². The SMILES string of the molecule is CCCCCCCCCCCCCCCCCCC(=O)O[C@H](COC(=O)CCCCCCCCCCCCC(C)CC)COP(=O)(O)OC[C@@H](O)COP(=O)(O)OC[C@@H](COC(=O)CCCCCCCCCC(C)C)OC(=O)CCCCCCCCCCCCCCC. The van der Waals surface area contributed by atoms with E-state index in [0.717, 1.165) is 102 Å². The minimum absolute atomic E-state index is 0.107. The second-order valence-electron chi connectivity index (χ2n) is 27.4. The Morgan fingerprint density at radius 2 is 0.548 bits per heavy atom. The van der Waals surface area contributed by atoms with E-state index in [1.54, 1.807) is 0 Å². The molecule has 0 aromatic carbocycles. The fraction of sp³-hybridized carbons (Fsp3) is 0.946. The lowest BCUT2D eigenvalue weighted by molar-refractivity contribution is -0.161. The third-order valence-corrected chi connectivity index (χ3v) is 19.5. The monoisotopic (exact) mass is 1370 g/mol. The molecule has 552 valence electrons. The van der Waals surface area contributed by atoms with Gasteiger partial charge in [0, 0.05) is 25.7 Å². The summed E-state index contributed by atoms with van der Waals surface area (Å²) in [6, 6.07) is 0. The van der Waals surface area contributed by atoms with Gasteiger partial charge in [0.1, 0.15) is 19.3 Å². The van der Waals surface area contributed by atoms with Crippen molar-refractivity contribution in [2.24, 2.45) is 11.8 Å². The molecule has 3 N–H and O–H groups in total. The highest BCUT2D eigenvalue weighted by Gasteiger charge is 2.30. The van der Waals surface area contributed by atoms with Gasteiger partial charge in [0.25, 0.3) is 0 Å². The van der Waals surface area contributed by atoms with Crippen LogP contribution in [0, 0.1) is 11.8 Å². The fourth-order valence-corrected chi connectivity index (χ4v) is 12.8. The lowest BCUT2D eigenvalue weighted by atomic mass is 9.99. The van der Waals surface area contributed by atoms with Crippen LogP contribution < -0.4 is 0 Å². The summed E-state index contributed by atoms with van der Waals surface area (Å²) in [6.45, 7) is 9.56. The normalized spacial score (nSPS) is 14.3. The molecule has 0 amide bonds. The maximum Gasteiger partial charge on any atom is 0.472 e. The number of ether oxygens (including phenoxy) is 4. The van der Waals surface area contributed by atoms with Crippen molar-refractivity contribution in [1.82, 2.24) is 0 Å². The van der Waals surface area contributed by atoms with Crippen LogP contribution in [-0.4, -0.2) is 96.7 Å². The molecule has 0 saturated carbocycles. The molecular formula is C74H144O17P2. The van der Waals surface area contributed by atoms with Crippen molar-refractivity contribution < 1.29 is 80.2 Å². The van der Waals surface area contributed by atoms with E-state index in [-0.39, 0.29) is 25.7 Å². The summed E-state index contributed by atoms with van der Waals surface area (Å²) in [5.74, 6) is -0.602. The average molecular weight is 1370 g/mol. The summed E-state index contributed by atoms with van der Waals surface area (Å²) in [4.78, 5) is 72.7. The lowest BCUT2D eigenvalue weighted by Crippen LogP contribution is -2.30. The molecule has 0 radical (unpaired) electrons. The quantitative estimate of drug-likeness (QED) is 0.0222. The van der Waals surface area contributed by atoms with Crippen LogP contribution in [0.3, 0.4) is 0 Å². The molecule has 0 heterocycles. The number of hydrogen-bond acceptors (Lipinski definition) is 15. The maximum atomic E-state index is 13.1. The summed E-state index contributed by atoms with van der Waals surface area (Å²) < 4.78 is 68.5. The van der Waals surface area contributed by atoms with Crippen molar-refractivity contribution in [3.05, 3.63) is 0 Å². The van der Waals surface area contributed by atoms with Crippen LogP contribution in [0.5, 0.6) is 0 Å². The van der Waals surface area contributed by atoms with E-state index in [2.05, 4.69) is 41.5 Å². The third kappa shape index (κ3) is 67.0. The van der Waals surface area contributed by atoms with Gasteiger partial charge < -0.3 is 33.8 Å². The molecule has 0 aromatic rings. The van der Waals surface area contributed by atoms with Gasteiger partial charge >= 0.3 is 39.5 Å². The van der Waals surface area contributed by atoms with Crippen molar-refractivity contribution in [3.63, 3.8) is 0 Å². The van der Waals surface area contributed by atoms with Crippen molar-refractivity contribution in [3.8, 4) is 0 Å². The number of phosphoric acid groups is 2. The van der Waals surface area contributed by atoms with Gasteiger partial charge in [-0.2, -0.15) is 0 Å². The fourth-order valence-electron chi connectivity index (χ4n) is 11.3. The molecule has 0 aromatic heterocycles. The molecule has 0 spiro atoms. The highest BCUT2D eigenvalue weighted by molar-refractivity contribution is 7.47. The van der Waals surface area contributed by atoms with E-state index in [1.165, 1.54) is 193 Å². The molecule has 0 aliphatic carbocycles. The van der Waals surface area contributed by atoms with Crippen LogP contribution in [0.4, 0.5) is 0 Å². The number of aliphatic hydroxyl groups is 1. The highest BCUT2D eigenvalue weighted by Crippen LogP contribution is 2.45. The first-order chi connectivity index (χ1) is 44.9. The minimum Gasteiger partial charge on any atom is -0.462 e. The number of carbonyl (C=O) groups is 4. The molecule has 93 heavy (non-hydrogen) atoms. The van der Waals surface area contributed by atoms with E-state index in [0.29, 0.717) is 31.6 Å². The Bertz CT molecular complexity index is 1810. The lowest BCUT2D eigenvalue weighted by Gasteiger charge is -2.21. The first-order valence-corrected chi connectivity index (χ1v) is 41.5. The molecule has 0 aliphatic heterocycles. The Hall–Kier alpha value is -1.94. The Morgan fingerprint density at radius 1 is 0.312 bits per heavy atom. The predicted octanol–water partition coefficient (Wildman–Crippen LogP) is 21.6. The van der Waals surface area contributed by atoms with Crippen molar-refractivity contribution in [2.45, 2.75) is 400 Å². The summed E-state index contributed by atoms with van der Waals surface area (Å²) in [6.07, 6.45) is 52.6. The van der Waals surface area contributed by atoms with Gasteiger partial charge in [-0.05, 0) is 37.5 Å². The molecule has 0 bridgehead atoms. The molecule has 0 fully saturated rings. The van der Waals surface area contributed by atoms with E-state index in [9.17, 15) is 43.2 Å². The van der Waals surface area contributed by atoms with Crippen LogP contribution >= 0.6 is 15.6 Å². The third-order valence-electron chi connectivity index (χ3n) is 17.6. The predicted molar refractivity (Wildman–Crippen MR) is 377 cm³/mol. The number of aliphatic hydroxyl groups excluding tert-OH is 1. The number of esters is 4. The number of unbranched alkanes of at least 4 members (excludes halogenated alkanes) is 42. The molecule has 17 nitrogen and oxygen atoms in total. The number of carbonyl (C=O) groups excluding carboxylic acids is 4. The highest BCUT2D eigenvalue weighted by atomic mass is 31.2. The smallest absolute Gasteiger partial charge is 0.462 e. The van der Waals surface area contributed by atoms with Crippen molar-refractivity contribution >= 4 is 39.5 Å². The standard InChI is InChI=1S/C74H144O17P2/c1-7-10-12-14-16-18-20-22-23-24-26-28-34-40-47-53-59-74(79)90-69(62-84-71(76)56-50-44-38-32-30-29-31-37-43-49-55-67(6)9-3)64-88-92(80,81)86-60-68(75)61-87-93(82,83)89-65-70(63-85-72(77)57-51-45-41-35-36-42-48-54-66(4)5)91-73(78)58-52-46-39-33-27-25-21-19-17-15-13-11-8-2/h66-70,75H,7-65H2,1-6H3,(H,80,81)(H,82,83)/t67?,68-,69-,70-/m1/s1. The van der Waals surface area contributed by atoms with Crippen LogP contribution in [-0.2, 0) is 65.4 Å². The van der Waals surface area contributed by atoms with E-state index in [1.807, 2.05) is 0 Å². The molecule has 0 saturated heterocycles. The largest absolute Gasteiger partial charge is 0.472 e. The average Bonchev–Trinajstić information content (AvgIpc) is 3.70. The molecule has 6 atom stereocenters. The molecular weight excluding hydrogens is 1220 g/mol. The number of rotatable bonds is 73. The minimum atomic E-state index is -4.96. The Kier molecular flexibility index (Phi) is 64.6. The van der Waals surface area contributed by atoms with E-state index >= 15 is 0 Å². The van der Waals surface area contributed by atoms with Gasteiger partial charge in [-0.1, -0.05) is 330 Å². The van der Waals surface area contributed by atoms with Gasteiger partial charge in [-0.15, -0.1) is 0 Å². The summed E-state index contributed by atoms with van der Waals surface area (Å²) in [7, 11) is -9.91. The Labute approximate surface area is 568 Å². The van der Waals surface area contributed by atoms with Crippen LogP contribution in [0.15, 0.2) is 0 Å². The summed E-state index contributed by atoms with van der Waals surface area (Å²) in [5.41, 5.74) is 0. The zero-order valence-corrected chi connectivity index (χ0v) is 62.3. The van der Waals surface area contributed by atoms with Crippen LogP contribution in [0.2, 0.25) is 0 Å². The van der Waals surface area contributed by atoms with Crippen LogP contribution in [0.1, 0.15) is 382 Å². The maximum absolute atomic E-state index is 13.1. The zero-order chi connectivity index (χ0) is 68.6. The molecule has 3 unspecified atom stereocenters. The van der Waals surface area contributed by atoms with E-state index < -0.39 is 97.5 Å². The second kappa shape index (κ2) is 66.0. The van der Waals surface area contributed by atoms with Gasteiger partial charge in [0.05, 0.1) is 26.4 Å². The van der Waals surface area contributed by atoms with Gasteiger partial charge in [0.2, 0.25) is 0 Å². The summed E-state index contributed by atoms with van der Waals surface area (Å²) >= 11 is 0. The van der Waals surface area contributed by atoms with Gasteiger partial charge in [0.15, 0.2) is 12.2 Å². The summed E-state index contributed by atoms with van der Waals surface area (Å²) in [5, 5.41) is 10.6.